The number of nitrogens with zero attached hydrogens (tertiary/aromatic N) is 4. The Balaban J connectivity index is 1.69. The summed E-state index contributed by atoms with van der Waals surface area (Å²) >= 11 is 1.66. The van der Waals surface area contributed by atoms with E-state index in [1.54, 1.807) is 17.5 Å². The van der Waals surface area contributed by atoms with Crippen LogP contribution in [0, 0.1) is 6.92 Å². The molecule has 6 heteroatoms. The topological polar surface area (TPSA) is 55.6 Å². The van der Waals surface area contributed by atoms with Gasteiger partial charge in [-0.3, -0.25) is 0 Å². The van der Waals surface area contributed by atoms with Crippen molar-refractivity contribution < 1.29 is 0 Å². The maximum absolute atomic E-state index is 4.79. The smallest absolute Gasteiger partial charge is 0.223 e. The zero-order valence-corrected chi connectivity index (χ0v) is 15.5. The van der Waals surface area contributed by atoms with Crippen LogP contribution in [0.1, 0.15) is 11.1 Å². The normalized spacial score (nSPS) is 10.8. The third kappa shape index (κ3) is 3.23. The Hall–Kier alpha value is -2.99. The van der Waals surface area contributed by atoms with E-state index in [-0.39, 0.29) is 0 Å². The monoisotopic (exact) mass is 361 g/mol. The van der Waals surface area contributed by atoms with Crippen molar-refractivity contribution in [2.45, 2.75) is 13.5 Å². The number of anilines is 1. The summed E-state index contributed by atoms with van der Waals surface area (Å²) in [6.07, 6.45) is 5.57. The van der Waals surface area contributed by atoms with Crippen LogP contribution < -0.4 is 5.32 Å². The van der Waals surface area contributed by atoms with Gasteiger partial charge in [-0.15, -0.1) is 11.3 Å². The minimum Gasteiger partial charge on any atom is -0.350 e. The summed E-state index contributed by atoms with van der Waals surface area (Å²) in [5, 5.41) is 5.40. The summed E-state index contributed by atoms with van der Waals surface area (Å²) in [4.78, 5) is 14.9. The molecule has 5 nitrogen and oxygen atoms in total. The number of hydrogen-bond donors (Lipinski definition) is 1. The standard InChI is InChI=1S/C20H19N5S/c1-14-6-3-4-7-15(14)12-22-20-23-13-16(19-21-9-10-25(19)2)18(24-20)17-8-5-11-26-17/h3-11,13H,12H2,1-2H3,(H,22,23,24). The minimum atomic E-state index is 0.620. The van der Waals surface area contributed by atoms with E-state index in [0.29, 0.717) is 12.5 Å². The van der Waals surface area contributed by atoms with Gasteiger partial charge in [0, 0.05) is 32.2 Å². The van der Waals surface area contributed by atoms with Crippen LogP contribution >= 0.6 is 11.3 Å². The van der Waals surface area contributed by atoms with Crippen LogP contribution in [0.2, 0.25) is 0 Å². The van der Waals surface area contributed by atoms with Gasteiger partial charge >= 0.3 is 0 Å². The lowest BCUT2D eigenvalue weighted by Crippen LogP contribution is -2.06. The van der Waals surface area contributed by atoms with Crippen molar-refractivity contribution in [3.05, 3.63) is 71.5 Å². The number of rotatable bonds is 5. The fourth-order valence-electron chi connectivity index (χ4n) is 2.84. The lowest BCUT2D eigenvalue weighted by atomic mass is 10.1. The molecule has 1 aromatic carbocycles. The van der Waals surface area contributed by atoms with Crippen molar-refractivity contribution in [3.8, 4) is 22.0 Å². The molecule has 3 heterocycles. The van der Waals surface area contributed by atoms with Gasteiger partial charge in [0.1, 0.15) is 5.82 Å². The molecule has 0 aliphatic carbocycles. The predicted octanol–water partition coefficient (Wildman–Crippen LogP) is 4.53. The molecule has 0 unspecified atom stereocenters. The molecule has 3 aromatic heterocycles. The third-order valence-corrected chi connectivity index (χ3v) is 5.18. The first-order valence-electron chi connectivity index (χ1n) is 8.39. The Morgan fingerprint density at radius 3 is 2.73 bits per heavy atom. The van der Waals surface area contributed by atoms with Crippen LogP contribution in [0.3, 0.4) is 0 Å². The zero-order chi connectivity index (χ0) is 17.9. The molecule has 0 fully saturated rings. The minimum absolute atomic E-state index is 0.620. The van der Waals surface area contributed by atoms with Gasteiger partial charge in [0.05, 0.1) is 16.1 Å². The Morgan fingerprint density at radius 2 is 2.00 bits per heavy atom. The molecular weight excluding hydrogens is 342 g/mol. The second kappa shape index (κ2) is 7.09. The number of aromatic nitrogens is 4. The molecular formula is C20H19N5S. The van der Waals surface area contributed by atoms with E-state index in [0.717, 1.165) is 22.0 Å². The molecule has 0 aliphatic heterocycles. The molecule has 0 spiro atoms. The molecule has 0 amide bonds. The second-order valence-corrected chi connectivity index (χ2v) is 7.02. The molecule has 0 atom stereocenters. The maximum Gasteiger partial charge on any atom is 0.223 e. The van der Waals surface area contributed by atoms with Crippen LogP contribution in [-0.4, -0.2) is 19.5 Å². The number of imidazole rings is 1. The average molecular weight is 361 g/mol. The first-order valence-corrected chi connectivity index (χ1v) is 9.27. The summed E-state index contributed by atoms with van der Waals surface area (Å²) in [6, 6.07) is 12.4. The molecule has 4 rings (SSSR count). The van der Waals surface area contributed by atoms with Crippen LogP contribution in [0.25, 0.3) is 22.0 Å². The SMILES string of the molecule is Cc1ccccc1CNc1ncc(-c2nccn2C)c(-c2cccs2)n1. The highest BCUT2D eigenvalue weighted by Gasteiger charge is 2.15. The van der Waals surface area contributed by atoms with Gasteiger partial charge in [-0.1, -0.05) is 30.3 Å². The largest absolute Gasteiger partial charge is 0.350 e. The number of benzene rings is 1. The fourth-order valence-corrected chi connectivity index (χ4v) is 3.57. The van der Waals surface area contributed by atoms with Gasteiger partial charge in [-0.05, 0) is 29.5 Å². The summed E-state index contributed by atoms with van der Waals surface area (Å²) in [7, 11) is 1.98. The Labute approximate surface area is 156 Å². The first kappa shape index (κ1) is 16.5. The van der Waals surface area contributed by atoms with Crippen LogP contribution in [-0.2, 0) is 13.6 Å². The molecule has 0 radical (unpaired) electrons. The highest BCUT2D eigenvalue weighted by atomic mass is 32.1. The van der Waals surface area contributed by atoms with Gasteiger partial charge < -0.3 is 9.88 Å². The number of aryl methyl sites for hydroxylation is 2. The molecule has 0 aliphatic rings. The van der Waals surface area contributed by atoms with Gasteiger partial charge in [0.15, 0.2) is 0 Å². The van der Waals surface area contributed by atoms with Crippen LogP contribution in [0.4, 0.5) is 5.95 Å². The van der Waals surface area contributed by atoms with E-state index < -0.39 is 0 Å². The summed E-state index contributed by atoms with van der Waals surface area (Å²) in [6.45, 7) is 2.80. The Kier molecular flexibility index (Phi) is 4.50. The van der Waals surface area contributed by atoms with Gasteiger partial charge in [-0.2, -0.15) is 0 Å². The summed E-state index contributed by atoms with van der Waals surface area (Å²) in [5.74, 6) is 1.48. The maximum atomic E-state index is 4.79. The zero-order valence-electron chi connectivity index (χ0n) is 14.7. The summed E-state index contributed by atoms with van der Waals surface area (Å²) < 4.78 is 1.98. The fraction of sp³-hybridized carbons (Fsp3) is 0.150. The number of hydrogen-bond acceptors (Lipinski definition) is 5. The summed E-state index contributed by atoms with van der Waals surface area (Å²) in [5.41, 5.74) is 4.32. The van der Waals surface area contributed by atoms with Crippen molar-refractivity contribution in [1.82, 2.24) is 19.5 Å². The van der Waals surface area contributed by atoms with E-state index in [9.17, 15) is 0 Å². The van der Waals surface area contributed by atoms with Gasteiger partial charge in [0.25, 0.3) is 0 Å². The molecule has 0 saturated carbocycles. The number of nitrogens with one attached hydrogen (secondary N) is 1. The molecule has 0 bridgehead atoms. The molecule has 130 valence electrons. The van der Waals surface area contributed by atoms with Crippen LogP contribution in [0.5, 0.6) is 0 Å². The molecule has 1 N–H and O–H groups in total. The van der Waals surface area contributed by atoms with Crippen molar-refractivity contribution in [1.29, 1.82) is 0 Å². The van der Waals surface area contributed by atoms with E-state index in [4.69, 9.17) is 4.98 Å². The van der Waals surface area contributed by atoms with Gasteiger partial charge in [0.2, 0.25) is 5.95 Å². The number of thiophene rings is 1. The van der Waals surface area contributed by atoms with Crippen molar-refractivity contribution in [3.63, 3.8) is 0 Å². The van der Waals surface area contributed by atoms with E-state index in [1.165, 1.54) is 11.1 Å². The Morgan fingerprint density at radius 1 is 1.12 bits per heavy atom. The van der Waals surface area contributed by atoms with E-state index in [2.05, 4.69) is 45.8 Å². The van der Waals surface area contributed by atoms with Crippen LogP contribution in [0.15, 0.2) is 60.4 Å². The quantitative estimate of drug-likeness (QED) is 0.567. The Bertz CT molecular complexity index is 1020. The highest BCUT2D eigenvalue weighted by Crippen LogP contribution is 2.32. The molecule has 0 saturated heterocycles. The van der Waals surface area contributed by atoms with Crippen molar-refractivity contribution >= 4 is 17.3 Å². The molecule has 26 heavy (non-hydrogen) atoms. The van der Waals surface area contributed by atoms with Crippen molar-refractivity contribution in [2.75, 3.05) is 5.32 Å². The lowest BCUT2D eigenvalue weighted by molar-refractivity contribution is 0.921. The van der Waals surface area contributed by atoms with E-state index in [1.807, 2.05) is 42.2 Å². The average Bonchev–Trinajstić information content (AvgIpc) is 3.33. The third-order valence-electron chi connectivity index (χ3n) is 4.30. The second-order valence-electron chi connectivity index (χ2n) is 6.07. The predicted molar refractivity (Wildman–Crippen MR) is 106 cm³/mol. The van der Waals surface area contributed by atoms with Crippen molar-refractivity contribution in [2.24, 2.45) is 7.05 Å². The first-order chi connectivity index (χ1) is 12.7. The highest BCUT2D eigenvalue weighted by molar-refractivity contribution is 7.13. The van der Waals surface area contributed by atoms with E-state index >= 15 is 0 Å². The molecule has 4 aromatic rings. The van der Waals surface area contributed by atoms with Gasteiger partial charge in [-0.25, -0.2) is 15.0 Å². The lowest BCUT2D eigenvalue weighted by Gasteiger charge is -2.11.